The fourth-order valence-corrected chi connectivity index (χ4v) is 3.53. The lowest BCUT2D eigenvalue weighted by Crippen LogP contribution is -2.33. The quantitative estimate of drug-likeness (QED) is 0.583. The van der Waals surface area contributed by atoms with Crippen molar-refractivity contribution in [2.24, 2.45) is 4.99 Å². The Balaban J connectivity index is 1.47. The number of aryl methyl sites for hydroxylation is 1. The first-order valence-corrected chi connectivity index (χ1v) is 10.1. The topological polar surface area (TPSA) is 78.4 Å². The van der Waals surface area contributed by atoms with Gasteiger partial charge in [-0.2, -0.15) is 0 Å². The van der Waals surface area contributed by atoms with Gasteiger partial charge in [0.05, 0.1) is 17.3 Å². The van der Waals surface area contributed by atoms with Gasteiger partial charge in [0, 0.05) is 36.1 Å². The van der Waals surface area contributed by atoms with E-state index in [0.29, 0.717) is 22.8 Å². The van der Waals surface area contributed by atoms with Crippen LogP contribution in [0.2, 0.25) is 5.02 Å². The second kappa shape index (κ2) is 8.97. The van der Waals surface area contributed by atoms with E-state index in [4.69, 9.17) is 11.6 Å². The Bertz CT molecular complexity index is 1100. The Kier molecular flexibility index (Phi) is 5.95. The van der Waals surface area contributed by atoms with Crippen LogP contribution in [0.3, 0.4) is 0 Å². The summed E-state index contributed by atoms with van der Waals surface area (Å²) in [5.41, 5.74) is 4.82. The summed E-state index contributed by atoms with van der Waals surface area (Å²) < 4.78 is 0. The minimum atomic E-state index is -0.164. The van der Waals surface area contributed by atoms with Crippen molar-refractivity contribution in [3.8, 4) is 11.3 Å². The molecule has 30 heavy (non-hydrogen) atoms. The lowest BCUT2D eigenvalue weighted by molar-refractivity contribution is 0.102. The molecule has 1 aliphatic rings. The summed E-state index contributed by atoms with van der Waals surface area (Å²) in [6.45, 7) is 4.25. The fraction of sp³-hybridized carbons (Fsp3) is 0.174. The number of pyridine rings is 1. The number of hydrogen-bond donors (Lipinski definition) is 3. The van der Waals surface area contributed by atoms with Gasteiger partial charge in [-0.1, -0.05) is 29.8 Å². The van der Waals surface area contributed by atoms with Gasteiger partial charge in [0.15, 0.2) is 5.96 Å². The van der Waals surface area contributed by atoms with E-state index in [-0.39, 0.29) is 5.91 Å². The Hall–Kier alpha value is -3.38. The molecule has 1 amide bonds. The molecule has 0 bridgehead atoms. The van der Waals surface area contributed by atoms with Crippen molar-refractivity contribution in [2.45, 2.75) is 13.5 Å². The zero-order valence-electron chi connectivity index (χ0n) is 16.6. The molecule has 0 atom stereocenters. The predicted molar refractivity (Wildman–Crippen MR) is 121 cm³/mol. The lowest BCUT2D eigenvalue weighted by Gasteiger charge is -2.12. The second-order valence-corrected chi connectivity index (χ2v) is 7.43. The molecule has 2 aromatic carbocycles. The van der Waals surface area contributed by atoms with Crippen LogP contribution in [0.1, 0.15) is 21.5 Å². The highest BCUT2D eigenvalue weighted by Crippen LogP contribution is 2.29. The zero-order valence-corrected chi connectivity index (χ0v) is 17.3. The number of aliphatic imine (C=N–C) groups is 1. The summed E-state index contributed by atoms with van der Waals surface area (Å²) in [4.78, 5) is 21.5. The number of nitrogens with one attached hydrogen (secondary N) is 3. The predicted octanol–water partition coefficient (Wildman–Crippen LogP) is 4.01. The summed E-state index contributed by atoms with van der Waals surface area (Å²) in [7, 11) is 0. The van der Waals surface area contributed by atoms with Gasteiger partial charge in [-0.05, 0) is 54.4 Å². The highest BCUT2D eigenvalue weighted by Gasteiger charge is 2.13. The Morgan fingerprint density at radius 1 is 1.17 bits per heavy atom. The first kappa shape index (κ1) is 19.9. The fourth-order valence-electron chi connectivity index (χ4n) is 3.31. The molecule has 0 saturated carbocycles. The van der Waals surface area contributed by atoms with E-state index in [0.717, 1.165) is 41.4 Å². The van der Waals surface area contributed by atoms with E-state index in [1.807, 2.05) is 49.4 Å². The third kappa shape index (κ3) is 4.60. The van der Waals surface area contributed by atoms with Gasteiger partial charge < -0.3 is 16.0 Å². The summed E-state index contributed by atoms with van der Waals surface area (Å²) in [5, 5.41) is 9.99. The molecule has 1 aliphatic heterocycles. The number of carbonyl (C=O) groups is 1. The Morgan fingerprint density at radius 2 is 2.07 bits per heavy atom. The Morgan fingerprint density at radius 3 is 2.80 bits per heavy atom. The first-order chi connectivity index (χ1) is 14.6. The molecule has 3 aromatic rings. The van der Waals surface area contributed by atoms with Gasteiger partial charge in [0.25, 0.3) is 5.91 Å². The SMILES string of the molecule is Cc1cc(CNC2=NCCN2)ccc1C(=O)Nc1ccc(Cl)c(-c2ccccn2)c1. The minimum Gasteiger partial charge on any atom is -0.355 e. The van der Waals surface area contributed by atoms with Crippen molar-refractivity contribution in [1.29, 1.82) is 0 Å². The van der Waals surface area contributed by atoms with Gasteiger partial charge in [-0.3, -0.25) is 14.8 Å². The molecule has 6 nitrogen and oxygen atoms in total. The number of amides is 1. The van der Waals surface area contributed by atoms with E-state index in [1.54, 1.807) is 18.3 Å². The lowest BCUT2D eigenvalue weighted by atomic mass is 10.0. The number of guanidine groups is 1. The van der Waals surface area contributed by atoms with Crippen molar-refractivity contribution in [3.63, 3.8) is 0 Å². The normalized spacial score (nSPS) is 12.8. The van der Waals surface area contributed by atoms with Crippen LogP contribution in [-0.2, 0) is 6.54 Å². The number of benzene rings is 2. The molecular weight excluding hydrogens is 398 g/mol. The van der Waals surface area contributed by atoms with E-state index in [9.17, 15) is 4.79 Å². The number of nitrogens with zero attached hydrogens (tertiary/aromatic N) is 2. The first-order valence-electron chi connectivity index (χ1n) is 9.74. The van der Waals surface area contributed by atoms with Crippen LogP contribution in [0.4, 0.5) is 5.69 Å². The molecule has 152 valence electrons. The molecule has 1 aromatic heterocycles. The standard InChI is InChI=1S/C23H22ClN5O/c1-15-12-16(14-28-23-26-10-11-27-23)5-7-18(15)22(30)29-17-6-8-20(24)19(13-17)21-4-2-3-9-25-21/h2-9,12-13H,10-11,14H2,1H3,(H,29,30)(H2,26,27,28). The zero-order chi connectivity index (χ0) is 20.9. The van der Waals surface area contributed by atoms with Gasteiger partial charge in [-0.25, -0.2) is 0 Å². The van der Waals surface area contributed by atoms with Crippen LogP contribution in [0.15, 0.2) is 65.8 Å². The maximum absolute atomic E-state index is 12.8. The molecule has 4 rings (SSSR count). The van der Waals surface area contributed by atoms with Crippen molar-refractivity contribution in [1.82, 2.24) is 15.6 Å². The Labute approximate surface area is 180 Å². The third-order valence-electron chi connectivity index (χ3n) is 4.83. The van der Waals surface area contributed by atoms with Crippen molar-refractivity contribution >= 4 is 29.2 Å². The molecular formula is C23H22ClN5O. The van der Waals surface area contributed by atoms with E-state index >= 15 is 0 Å². The summed E-state index contributed by atoms with van der Waals surface area (Å²) >= 11 is 6.33. The summed E-state index contributed by atoms with van der Waals surface area (Å²) in [5.74, 6) is 0.657. The molecule has 3 N–H and O–H groups in total. The maximum atomic E-state index is 12.8. The van der Waals surface area contributed by atoms with E-state index < -0.39 is 0 Å². The largest absolute Gasteiger partial charge is 0.355 e. The molecule has 0 fully saturated rings. The van der Waals surface area contributed by atoms with Crippen molar-refractivity contribution < 1.29 is 4.79 Å². The van der Waals surface area contributed by atoms with Gasteiger partial charge in [-0.15, -0.1) is 0 Å². The highest BCUT2D eigenvalue weighted by molar-refractivity contribution is 6.33. The number of rotatable bonds is 5. The van der Waals surface area contributed by atoms with Crippen molar-refractivity contribution in [3.05, 3.63) is 82.5 Å². The molecule has 0 unspecified atom stereocenters. The van der Waals surface area contributed by atoms with E-state index in [1.165, 1.54) is 0 Å². The average Bonchev–Trinajstić information content (AvgIpc) is 3.28. The van der Waals surface area contributed by atoms with Crippen LogP contribution < -0.4 is 16.0 Å². The number of aromatic nitrogens is 1. The van der Waals surface area contributed by atoms with Gasteiger partial charge in [0.2, 0.25) is 0 Å². The third-order valence-corrected chi connectivity index (χ3v) is 5.16. The monoisotopic (exact) mass is 419 g/mol. The van der Waals surface area contributed by atoms with Crippen LogP contribution in [0.5, 0.6) is 0 Å². The summed E-state index contributed by atoms with van der Waals surface area (Å²) in [6.07, 6.45) is 1.71. The average molecular weight is 420 g/mol. The number of hydrogen-bond acceptors (Lipinski definition) is 5. The molecule has 0 radical (unpaired) electrons. The number of carbonyl (C=O) groups excluding carboxylic acids is 1. The van der Waals surface area contributed by atoms with Crippen LogP contribution in [0.25, 0.3) is 11.3 Å². The molecule has 0 aliphatic carbocycles. The van der Waals surface area contributed by atoms with Gasteiger partial charge >= 0.3 is 0 Å². The number of halogens is 1. The second-order valence-electron chi connectivity index (χ2n) is 7.02. The number of anilines is 1. The smallest absolute Gasteiger partial charge is 0.255 e. The van der Waals surface area contributed by atoms with Crippen LogP contribution >= 0.6 is 11.6 Å². The highest BCUT2D eigenvalue weighted by atomic mass is 35.5. The van der Waals surface area contributed by atoms with Crippen molar-refractivity contribution in [2.75, 3.05) is 18.4 Å². The minimum absolute atomic E-state index is 0.164. The molecule has 7 heteroatoms. The molecule has 2 heterocycles. The maximum Gasteiger partial charge on any atom is 0.255 e. The van der Waals surface area contributed by atoms with Crippen LogP contribution in [0, 0.1) is 6.92 Å². The van der Waals surface area contributed by atoms with Gasteiger partial charge in [0.1, 0.15) is 0 Å². The van der Waals surface area contributed by atoms with E-state index in [2.05, 4.69) is 25.9 Å². The molecule has 0 saturated heterocycles. The van der Waals surface area contributed by atoms with Crippen LogP contribution in [-0.4, -0.2) is 29.9 Å². The summed E-state index contributed by atoms with van der Waals surface area (Å²) in [6, 6.07) is 16.8. The molecule has 0 spiro atoms.